The molecule has 2 aromatic rings. The first-order valence-electron chi connectivity index (χ1n) is 7.51. The van der Waals surface area contributed by atoms with Crippen LogP contribution in [0.4, 0.5) is 0 Å². The Bertz CT molecular complexity index is 692. The molecule has 5 heteroatoms. The standard InChI is InChI=1S/C16H19N3O2/c1-16(11-2-3-11)10-21-7-6-19(16)15(20)13-8-17-9-14-12(13)4-5-18-14/h4-5,8-9,11,18H,2-3,6-7,10H2,1H3. The largest absolute Gasteiger partial charge is 0.377 e. The number of rotatable bonds is 2. The van der Waals surface area contributed by atoms with Crippen molar-refractivity contribution < 1.29 is 9.53 Å². The van der Waals surface area contributed by atoms with Gasteiger partial charge in [-0.3, -0.25) is 9.78 Å². The lowest BCUT2D eigenvalue weighted by atomic mass is 9.92. The van der Waals surface area contributed by atoms with E-state index in [1.807, 2.05) is 17.2 Å². The number of hydrogen-bond acceptors (Lipinski definition) is 3. The molecule has 1 N–H and O–H groups in total. The van der Waals surface area contributed by atoms with Crippen LogP contribution in [-0.2, 0) is 4.74 Å². The Morgan fingerprint density at radius 1 is 1.48 bits per heavy atom. The van der Waals surface area contributed by atoms with Crippen LogP contribution in [0.15, 0.2) is 24.7 Å². The van der Waals surface area contributed by atoms with Gasteiger partial charge in [-0.25, -0.2) is 0 Å². The molecule has 1 amide bonds. The lowest BCUT2D eigenvalue weighted by Gasteiger charge is -2.45. The number of carbonyl (C=O) groups excluding carboxylic acids is 1. The highest BCUT2D eigenvalue weighted by Gasteiger charge is 2.49. The predicted molar refractivity (Wildman–Crippen MR) is 79.1 cm³/mol. The summed E-state index contributed by atoms with van der Waals surface area (Å²) in [5.74, 6) is 0.644. The van der Waals surface area contributed by atoms with Gasteiger partial charge in [0, 0.05) is 24.3 Å². The third-order valence-electron chi connectivity index (χ3n) is 4.88. The average molecular weight is 285 g/mol. The molecule has 0 bridgehead atoms. The molecule has 2 aromatic heterocycles. The molecular weight excluding hydrogens is 266 g/mol. The minimum Gasteiger partial charge on any atom is -0.377 e. The third-order valence-corrected chi connectivity index (χ3v) is 4.88. The van der Waals surface area contributed by atoms with Crippen LogP contribution in [0, 0.1) is 5.92 Å². The van der Waals surface area contributed by atoms with Gasteiger partial charge >= 0.3 is 0 Å². The summed E-state index contributed by atoms with van der Waals surface area (Å²) in [5, 5.41) is 0.944. The van der Waals surface area contributed by atoms with E-state index in [4.69, 9.17) is 4.74 Å². The maximum absolute atomic E-state index is 13.1. The zero-order chi connectivity index (χ0) is 14.4. The maximum Gasteiger partial charge on any atom is 0.256 e. The number of ether oxygens (including phenoxy) is 1. The van der Waals surface area contributed by atoms with Crippen molar-refractivity contribution in [2.45, 2.75) is 25.3 Å². The number of aromatic nitrogens is 2. The number of aromatic amines is 1. The normalized spacial score (nSPS) is 26.2. The first-order chi connectivity index (χ1) is 10.2. The molecule has 5 nitrogen and oxygen atoms in total. The van der Waals surface area contributed by atoms with Gasteiger partial charge in [-0.1, -0.05) is 0 Å². The van der Waals surface area contributed by atoms with E-state index in [1.54, 1.807) is 12.4 Å². The molecule has 1 saturated carbocycles. The van der Waals surface area contributed by atoms with Crippen molar-refractivity contribution in [1.82, 2.24) is 14.9 Å². The van der Waals surface area contributed by atoms with Crippen LogP contribution in [0.2, 0.25) is 0 Å². The summed E-state index contributed by atoms with van der Waals surface area (Å²) in [6.45, 7) is 4.07. The Kier molecular flexibility index (Phi) is 2.79. The second-order valence-electron chi connectivity index (χ2n) is 6.27. The van der Waals surface area contributed by atoms with Gasteiger partial charge in [-0.05, 0) is 31.7 Å². The highest BCUT2D eigenvalue weighted by atomic mass is 16.5. The van der Waals surface area contributed by atoms with Crippen molar-refractivity contribution in [2.75, 3.05) is 19.8 Å². The predicted octanol–water partition coefficient (Wildman–Crippen LogP) is 2.20. The fourth-order valence-electron chi connectivity index (χ4n) is 3.44. The van der Waals surface area contributed by atoms with Crippen LogP contribution in [0.3, 0.4) is 0 Å². The molecule has 2 fully saturated rings. The van der Waals surface area contributed by atoms with Gasteiger partial charge in [0.1, 0.15) is 0 Å². The summed E-state index contributed by atoms with van der Waals surface area (Å²) in [7, 11) is 0. The van der Waals surface area contributed by atoms with Crippen LogP contribution in [-0.4, -0.2) is 46.1 Å². The first-order valence-corrected chi connectivity index (χ1v) is 7.51. The average Bonchev–Trinajstić information content (AvgIpc) is 3.25. The van der Waals surface area contributed by atoms with Crippen molar-refractivity contribution >= 4 is 16.8 Å². The fraction of sp³-hybridized carbons (Fsp3) is 0.500. The highest BCUT2D eigenvalue weighted by molar-refractivity contribution is 6.06. The van der Waals surface area contributed by atoms with Gasteiger partial charge in [-0.15, -0.1) is 0 Å². The molecule has 1 unspecified atom stereocenters. The van der Waals surface area contributed by atoms with E-state index in [9.17, 15) is 4.79 Å². The second-order valence-corrected chi connectivity index (χ2v) is 6.27. The minimum atomic E-state index is -0.173. The molecule has 110 valence electrons. The topological polar surface area (TPSA) is 58.2 Å². The molecule has 0 spiro atoms. The van der Waals surface area contributed by atoms with E-state index < -0.39 is 0 Å². The van der Waals surface area contributed by atoms with E-state index in [1.165, 1.54) is 12.8 Å². The fourth-order valence-corrected chi connectivity index (χ4v) is 3.44. The number of carbonyl (C=O) groups is 1. The molecule has 0 radical (unpaired) electrons. The van der Waals surface area contributed by atoms with Gasteiger partial charge in [0.05, 0.1) is 36.0 Å². The third kappa shape index (κ3) is 1.95. The SMILES string of the molecule is CC1(C2CC2)COCCN1C(=O)c1cncc2[nH]ccc12. The van der Waals surface area contributed by atoms with Crippen LogP contribution < -0.4 is 0 Å². The summed E-state index contributed by atoms with van der Waals surface area (Å²) < 4.78 is 5.66. The lowest BCUT2D eigenvalue weighted by molar-refractivity contribution is -0.0546. The summed E-state index contributed by atoms with van der Waals surface area (Å²) in [6, 6.07) is 1.94. The van der Waals surface area contributed by atoms with Crippen LogP contribution in [0.5, 0.6) is 0 Å². The number of hydrogen-bond donors (Lipinski definition) is 1. The van der Waals surface area contributed by atoms with E-state index in [2.05, 4.69) is 16.9 Å². The number of morpholine rings is 1. The van der Waals surface area contributed by atoms with Gasteiger partial charge in [0.25, 0.3) is 5.91 Å². The molecule has 1 atom stereocenters. The Morgan fingerprint density at radius 3 is 3.14 bits per heavy atom. The van der Waals surface area contributed by atoms with Crippen molar-refractivity contribution in [2.24, 2.45) is 5.92 Å². The van der Waals surface area contributed by atoms with Gasteiger partial charge in [0.15, 0.2) is 0 Å². The first kappa shape index (κ1) is 12.8. The van der Waals surface area contributed by atoms with Crippen LogP contribution in [0.25, 0.3) is 10.9 Å². The molecule has 21 heavy (non-hydrogen) atoms. The number of nitrogens with zero attached hydrogens (tertiary/aromatic N) is 2. The molecular formula is C16H19N3O2. The number of H-pyrrole nitrogens is 1. The van der Waals surface area contributed by atoms with E-state index >= 15 is 0 Å². The minimum absolute atomic E-state index is 0.0744. The van der Waals surface area contributed by atoms with Crippen LogP contribution in [0.1, 0.15) is 30.1 Å². The summed E-state index contributed by atoms with van der Waals surface area (Å²) >= 11 is 0. The molecule has 1 aliphatic carbocycles. The second kappa shape index (κ2) is 4.56. The molecule has 4 rings (SSSR count). The zero-order valence-corrected chi connectivity index (χ0v) is 12.1. The van der Waals surface area contributed by atoms with Gasteiger partial charge in [-0.2, -0.15) is 0 Å². The monoisotopic (exact) mass is 285 g/mol. The quantitative estimate of drug-likeness (QED) is 0.920. The summed E-state index contributed by atoms with van der Waals surface area (Å²) in [5.41, 5.74) is 1.41. The van der Waals surface area contributed by atoms with E-state index in [0.717, 1.165) is 10.9 Å². The number of fused-ring (bicyclic) bond motifs is 1. The Balaban J connectivity index is 1.74. The highest BCUT2D eigenvalue weighted by Crippen LogP contribution is 2.44. The van der Waals surface area contributed by atoms with Crippen LogP contribution >= 0.6 is 0 Å². The van der Waals surface area contributed by atoms with Crippen molar-refractivity contribution in [1.29, 1.82) is 0 Å². The van der Waals surface area contributed by atoms with Crippen molar-refractivity contribution in [3.05, 3.63) is 30.2 Å². The van der Waals surface area contributed by atoms with Crippen molar-refractivity contribution in [3.63, 3.8) is 0 Å². The molecule has 1 aliphatic heterocycles. The summed E-state index contributed by atoms with van der Waals surface area (Å²) in [6.07, 6.45) is 7.67. The molecule has 3 heterocycles. The smallest absolute Gasteiger partial charge is 0.256 e. The molecule has 1 saturated heterocycles. The Hall–Kier alpha value is -1.88. The Morgan fingerprint density at radius 2 is 2.33 bits per heavy atom. The molecule has 2 aliphatic rings. The molecule has 0 aromatic carbocycles. The number of nitrogens with one attached hydrogen (secondary N) is 1. The zero-order valence-electron chi connectivity index (χ0n) is 12.1. The van der Waals surface area contributed by atoms with E-state index in [-0.39, 0.29) is 11.4 Å². The number of amides is 1. The Labute approximate surface area is 123 Å². The maximum atomic E-state index is 13.1. The summed E-state index contributed by atoms with van der Waals surface area (Å²) in [4.78, 5) is 22.4. The van der Waals surface area contributed by atoms with E-state index in [0.29, 0.717) is 31.2 Å². The number of pyridine rings is 1. The van der Waals surface area contributed by atoms with Gasteiger partial charge in [0.2, 0.25) is 0 Å². The van der Waals surface area contributed by atoms with Gasteiger partial charge < -0.3 is 14.6 Å². The lowest BCUT2D eigenvalue weighted by Crippen LogP contribution is -2.58. The van der Waals surface area contributed by atoms with Crippen molar-refractivity contribution in [3.8, 4) is 0 Å².